The van der Waals surface area contributed by atoms with Gasteiger partial charge in [-0.3, -0.25) is 4.79 Å². The van der Waals surface area contributed by atoms with E-state index in [1.807, 2.05) is 24.5 Å². The summed E-state index contributed by atoms with van der Waals surface area (Å²) in [6.07, 6.45) is 1.91. The van der Waals surface area contributed by atoms with Gasteiger partial charge in [0.25, 0.3) is 0 Å². The van der Waals surface area contributed by atoms with Gasteiger partial charge in [0.15, 0.2) is 5.78 Å². The van der Waals surface area contributed by atoms with E-state index in [4.69, 9.17) is 9.47 Å². The van der Waals surface area contributed by atoms with Gasteiger partial charge in [0, 0.05) is 7.11 Å². The van der Waals surface area contributed by atoms with Crippen molar-refractivity contribution in [2.75, 3.05) is 32.3 Å². The van der Waals surface area contributed by atoms with Crippen molar-refractivity contribution >= 4 is 17.5 Å². The van der Waals surface area contributed by atoms with Crippen molar-refractivity contribution in [1.82, 2.24) is 0 Å². The maximum Gasteiger partial charge on any atom is 0.176 e. The molecule has 0 aromatic heterocycles. The molecule has 16 heavy (non-hydrogen) atoms. The second-order valence-corrected chi connectivity index (χ2v) is 4.06. The minimum atomic E-state index is 0.0977. The van der Waals surface area contributed by atoms with Gasteiger partial charge in [-0.1, -0.05) is 12.1 Å². The van der Waals surface area contributed by atoms with Crippen LogP contribution in [-0.4, -0.2) is 38.1 Å². The Labute approximate surface area is 100 Å². The number of ketones is 1. The van der Waals surface area contributed by atoms with E-state index in [0.717, 1.165) is 0 Å². The lowest BCUT2D eigenvalue weighted by Gasteiger charge is -2.09. The molecule has 1 rings (SSSR count). The van der Waals surface area contributed by atoms with Gasteiger partial charge in [-0.25, -0.2) is 0 Å². The van der Waals surface area contributed by atoms with E-state index in [1.165, 1.54) is 11.8 Å². The molecule has 1 aromatic rings. The number of rotatable bonds is 7. The highest BCUT2D eigenvalue weighted by atomic mass is 32.2. The zero-order chi connectivity index (χ0) is 11.8. The van der Waals surface area contributed by atoms with Crippen LogP contribution in [-0.2, 0) is 4.74 Å². The summed E-state index contributed by atoms with van der Waals surface area (Å²) in [6.45, 7) is 0.977. The number of para-hydroxylation sites is 1. The van der Waals surface area contributed by atoms with Crippen LogP contribution in [0.5, 0.6) is 5.75 Å². The van der Waals surface area contributed by atoms with Crippen molar-refractivity contribution in [2.24, 2.45) is 0 Å². The number of hydrogen-bond acceptors (Lipinski definition) is 4. The van der Waals surface area contributed by atoms with Gasteiger partial charge in [0.1, 0.15) is 12.4 Å². The number of thioether (sulfide) groups is 1. The molecule has 0 aliphatic rings. The Balaban J connectivity index is 2.71. The van der Waals surface area contributed by atoms with Crippen molar-refractivity contribution in [2.45, 2.75) is 0 Å². The predicted octanol–water partition coefficient (Wildman–Crippen LogP) is 2.26. The molecule has 0 amide bonds. The number of benzene rings is 1. The van der Waals surface area contributed by atoms with Crippen LogP contribution in [0.4, 0.5) is 0 Å². The molecule has 3 nitrogen and oxygen atoms in total. The zero-order valence-corrected chi connectivity index (χ0v) is 10.4. The molecule has 0 heterocycles. The molecule has 88 valence electrons. The summed E-state index contributed by atoms with van der Waals surface area (Å²) in [5.41, 5.74) is 0.646. The van der Waals surface area contributed by atoms with E-state index in [9.17, 15) is 4.79 Å². The highest BCUT2D eigenvalue weighted by Crippen LogP contribution is 2.19. The number of carbonyl (C=O) groups excluding carboxylic acids is 1. The number of carbonyl (C=O) groups is 1. The van der Waals surface area contributed by atoms with Gasteiger partial charge >= 0.3 is 0 Å². The van der Waals surface area contributed by atoms with Crippen LogP contribution in [0.15, 0.2) is 24.3 Å². The van der Waals surface area contributed by atoms with Crippen molar-refractivity contribution in [3.63, 3.8) is 0 Å². The summed E-state index contributed by atoms with van der Waals surface area (Å²) in [5, 5.41) is 0. The minimum Gasteiger partial charge on any atom is -0.490 e. The lowest BCUT2D eigenvalue weighted by Crippen LogP contribution is -2.09. The average molecular weight is 240 g/mol. The van der Waals surface area contributed by atoms with E-state index >= 15 is 0 Å². The highest BCUT2D eigenvalue weighted by molar-refractivity contribution is 7.99. The molecular formula is C12H16O3S. The molecule has 0 saturated carbocycles. The third kappa shape index (κ3) is 3.87. The largest absolute Gasteiger partial charge is 0.490 e. The van der Waals surface area contributed by atoms with Gasteiger partial charge in [0.05, 0.1) is 17.9 Å². The van der Waals surface area contributed by atoms with Crippen LogP contribution in [0.3, 0.4) is 0 Å². The first-order chi connectivity index (χ1) is 7.79. The van der Waals surface area contributed by atoms with Gasteiger partial charge in [-0.2, -0.15) is 11.8 Å². The third-order valence-electron chi connectivity index (χ3n) is 2.01. The molecule has 0 radical (unpaired) electrons. The SMILES string of the molecule is COCCOc1ccccc1C(=O)CSC. The standard InChI is InChI=1S/C12H16O3S/c1-14-7-8-15-12-6-4-3-5-10(12)11(13)9-16-2/h3-6H,7-9H2,1-2H3. The lowest BCUT2D eigenvalue weighted by atomic mass is 10.1. The van der Waals surface area contributed by atoms with Gasteiger partial charge < -0.3 is 9.47 Å². The van der Waals surface area contributed by atoms with E-state index in [0.29, 0.717) is 30.3 Å². The molecule has 0 unspecified atom stereocenters. The Morgan fingerprint density at radius 2 is 2.06 bits per heavy atom. The minimum absolute atomic E-state index is 0.0977. The zero-order valence-electron chi connectivity index (χ0n) is 9.56. The van der Waals surface area contributed by atoms with E-state index in [1.54, 1.807) is 13.2 Å². The third-order valence-corrected chi connectivity index (χ3v) is 2.56. The van der Waals surface area contributed by atoms with Crippen LogP contribution < -0.4 is 4.74 Å². The Hall–Kier alpha value is -1.000. The van der Waals surface area contributed by atoms with Crippen LogP contribution in [0.1, 0.15) is 10.4 Å². The first-order valence-electron chi connectivity index (χ1n) is 5.02. The van der Waals surface area contributed by atoms with Crippen molar-refractivity contribution in [3.8, 4) is 5.75 Å². The molecule has 0 aliphatic heterocycles. The van der Waals surface area contributed by atoms with Crippen LogP contribution in [0.2, 0.25) is 0 Å². The second-order valence-electron chi connectivity index (χ2n) is 3.19. The maximum atomic E-state index is 11.8. The molecule has 0 spiro atoms. The van der Waals surface area contributed by atoms with E-state index in [-0.39, 0.29) is 5.78 Å². The molecule has 0 bridgehead atoms. The van der Waals surface area contributed by atoms with Crippen LogP contribution in [0.25, 0.3) is 0 Å². The molecular weight excluding hydrogens is 224 g/mol. The number of Topliss-reactive ketones (excluding diaryl/α,β-unsaturated/α-hetero) is 1. The smallest absolute Gasteiger partial charge is 0.176 e. The van der Waals surface area contributed by atoms with Crippen LogP contribution in [0, 0.1) is 0 Å². The first-order valence-corrected chi connectivity index (χ1v) is 6.42. The molecule has 0 atom stereocenters. The summed E-state index contributed by atoms with van der Waals surface area (Å²) < 4.78 is 10.4. The molecule has 0 N–H and O–H groups in total. The van der Waals surface area contributed by atoms with Crippen molar-refractivity contribution in [3.05, 3.63) is 29.8 Å². The normalized spacial score (nSPS) is 10.1. The highest BCUT2D eigenvalue weighted by Gasteiger charge is 2.10. The lowest BCUT2D eigenvalue weighted by molar-refractivity contribution is 0.101. The number of ether oxygens (including phenoxy) is 2. The summed E-state index contributed by atoms with van der Waals surface area (Å²) in [4.78, 5) is 11.8. The number of hydrogen-bond donors (Lipinski definition) is 0. The van der Waals surface area contributed by atoms with Gasteiger partial charge in [-0.05, 0) is 18.4 Å². The summed E-state index contributed by atoms with van der Waals surface area (Å²) in [6, 6.07) is 7.30. The van der Waals surface area contributed by atoms with Gasteiger partial charge in [-0.15, -0.1) is 0 Å². The average Bonchev–Trinajstić information content (AvgIpc) is 2.30. The maximum absolute atomic E-state index is 11.8. The second kappa shape index (κ2) is 7.30. The van der Waals surface area contributed by atoms with Crippen LogP contribution >= 0.6 is 11.8 Å². The first kappa shape index (κ1) is 13.1. The van der Waals surface area contributed by atoms with Gasteiger partial charge in [0.2, 0.25) is 0 Å². The monoisotopic (exact) mass is 240 g/mol. The topological polar surface area (TPSA) is 35.5 Å². The Kier molecular flexibility index (Phi) is 5.96. The fourth-order valence-corrected chi connectivity index (χ4v) is 1.68. The molecule has 4 heteroatoms. The van der Waals surface area contributed by atoms with E-state index in [2.05, 4.69) is 0 Å². The Morgan fingerprint density at radius 1 is 1.31 bits per heavy atom. The quantitative estimate of drug-likeness (QED) is 0.541. The number of methoxy groups -OCH3 is 1. The molecule has 0 aliphatic carbocycles. The summed E-state index contributed by atoms with van der Waals surface area (Å²) in [7, 11) is 1.62. The fourth-order valence-electron chi connectivity index (χ4n) is 1.27. The summed E-state index contributed by atoms with van der Waals surface area (Å²) >= 11 is 1.51. The fraction of sp³-hybridized carbons (Fsp3) is 0.417. The molecule has 1 aromatic carbocycles. The molecule has 0 fully saturated rings. The predicted molar refractivity (Wildman–Crippen MR) is 66.5 cm³/mol. The van der Waals surface area contributed by atoms with Crippen molar-refractivity contribution < 1.29 is 14.3 Å². The van der Waals surface area contributed by atoms with E-state index < -0.39 is 0 Å². The molecule has 0 saturated heterocycles. The van der Waals surface area contributed by atoms with Crippen molar-refractivity contribution in [1.29, 1.82) is 0 Å². The Morgan fingerprint density at radius 3 is 2.75 bits per heavy atom. The summed E-state index contributed by atoms with van der Waals surface area (Å²) in [5.74, 6) is 1.21. The Bertz CT molecular complexity index is 339.